The number of piperazine rings is 2. The molecule has 7 rings (SSSR count). The molecule has 6 nitrogen and oxygen atoms in total. The molecule has 3 unspecified atom stereocenters. The molecule has 4 aliphatic heterocycles. The molecule has 0 aromatic carbocycles. The highest BCUT2D eigenvalue weighted by atomic mass is 15.3. The van der Waals surface area contributed by atoms with Crippen LogP contribution in [0.1, 0.15) is 126 Å². The van der Waals surface area contributed by atoms with E-state index in [4.69, 9.17) is 0 Å². The monoisotopic (exact) mass is 695 g/mol. The average Bonchev–Trinajstić information content (AvgIpc) is 3.98. The van der Waals surface area contributed by atoms with Gasteiger partial charge in [0, 0.05) is 103 Å². The molecule has 0 amide bonds. The van der Waals surface area contributed by atoms with Crippen LogP contribution in [0.25, 0.3) is 0 Å². The Hall–Kier alpha value is -0.240. The first-order valence-electron chi connectivity index (χ1n) is 22.3. The minimum Gasteiger partial charge on any atom is -0.303 e. The summed E-state index contributed by atoms with van der Waals surface area (Å²) >= 11 is 0. The van der Waals surface area contributed by atoms with Gasteiger partial charge >= 0.3 is 0 Å². The third kappa shape index (κ3) is 9.34. The third-order valence-electron chi connectivity index (χ3n) is 15.8. The fourth-order valence-electron chi connectivity index (χ4n) is 12.6. The number of hydrogen-bond donors (Lipinski definition) is 0. The molecule has 3 atom stereocenters. The SMILES string of the molecule is CC(C)CC1(CN2CCC(N3CCN(C(C)C)CC3)CC2)CC1CC(C)CC1(CN2CC3(CCC(CN4CCN(C(C)C)CC4)CC3)C2)CC1. The van der Waals surface area contributed by atoms with Crippen LogP contribution in [-0.4, -0.2) is 146 Å². The summed E-state index contributed by atoms with van der Waals surface area (Å²) in [5, 5.41) is 0. The van der Waals surface area contributed by atoms with Crippen LogP contribution in [0.4, 0.5) is 0 Å². The maximum Gasteiger partial charge on any atom is 0.0121 e. The predicted octanol–water partition coefficient (Wildman–Crippen LogP) is 7.24. The Morgan fingerprint density at radius 1 is 0.580 bits per heavy atom. The van der Waals surface area contributed by atoms with E-state index in [9.17, 15) is 0 Å². The summed E-state index contributed by atoms with van der Waals surface area (Å²) in [6.07, 6.45) is 17.8. The Morgan fingerprint density at radius 3 is 1.74 bits per heavy atom. The molecule has 3 saturated carbocycles. The molecule has 50 heavy (non-hydrogen) atoms. The van der Waals surface area contributed by atoms with Crippen molar-refractivity contribution in [3.8, 4) is 0 Å². The Kier molecular flexibility index (Phi) is 12.1. The minimum atomic E-state index is 0.625. The minimum absolute atomic E-state index is 0.625. The van der Waals surface area contributed by atoms with Gasteiger partial charge in [-0.2, -0.15) is 0 Å². The van der Waals surface area contributed by atoms with E-state index in [2.05, 4.69) is 77.9 Å². The van der Waals surface area contributed by atoms with Crippen LogP contribution >= 0.6 is 0 Å². The van der Waals surface area contributed by atoms with E-state index >= 15 is 0 Å². The molecule has 7 fully saturated rings. The van der Waals surface area contributed by atoms with Gasteiger partial charge in [-0.3, -0.25) is 14.7 Å². The van der Waals surface area contributed by atoms with Crippen molar-refractivity contribution in [3.63, 3.8) is 0 Å². The van der Waals surface area contributed by atoms with Crippen LogP contribution in [0.3, 0.4) is 0 Å². The smallest absolute Gasteiger partial charge is 0.0121 e. The lowest BCUT2D eigenvalue weighted by Crippen LogP contribution is -2.59. The van der Waals surface area contributed by atoms with E-state index < -0.39 is 0 Å². The zero-order valence-corrected chi connectivity index (χ0v) is 34.3. The van der Waals surface area contributed by atoms with Gasteiger partial charge in [-0.15, -0.1) is 0 Å². The zero-order chi connectivity index (χ0) is 35.1. The molecule has 6 heteroatoms. The predicted molar refractivity (Wildman–Crippen MR) is 212 cm³/mol. The summed E-state index contributed by atoms with van der Waals surface area (Å²) in [7, 11) is 0. The van der Waals surface area contributed by atoms with E-state index in [-0.39, 0.29) is 0 Å². The number of piperidine rings is 1. The second-order valence-corrected chi connectivity index (χ2v) is 21.1. The summed E-state index contributed by atoms with van der Waals surface area (Å²) in [5.74, 6) is 3.68. The van der Waals surface area contributed by atoms with E-state index in [1.807, 2.05) is 0 Å². The highest BCUT2D eigenvalue weighted by molar-refractivity contribution is 5.07. The van der Waals surface area contributed by atoms with E-state index in [1.165, 1.54) is 175 Å². The number of hydrogen-bond acceptors (Lipinski definition) is 6. The maximum absolute atomic E-state index is 2.92. The van der Waals surface area contributed by atoms with Crippen molar-refractivity contribution in [2.24, 2.45) is 39.9 Å². The third-order valence-corrected chi connectivity index (χ3v) is 15.8. The molecule has 0 N–H and O–H groups in total. The molecule has 1 spiro atoms. The molecule has 288 valence electrons. The van der Waals surface area contributed by atoms with E-state index in [1.54, 1.807) is 0 Å². The summed E-state index contributed by atoms with van der Waals surface area (Å²) in [4.78, 5) is 16.8. The Morgan fingerprint density at radius 2 is 1.18 bits per heavy atom. The lowest BCUT2D eigenvalue weighted by atomic mass is 9.65. The van der Waals surface area contributed by atoms with Crippen LogP contribution in [0.15, 0.2) is 0 Å². The highest BCUT2D eigenvalue weighted by Crippen LogP contribution is 2.62. The van der Waals surface area contributed by atoms with Crippen molar-refractivity contribution >= 4 is 0 Å². The van der Waals surface area contributed by atoms with Gasteiger partial charge in [0.1, 0.15) is 0 Å². The van der Waals surface area contributed by atoms with E-state index in [0.29, 0.717) is 28.3 Å². The summed E-state index contributed by atoms with van der Waals surface area (Å²) < 4.78 is 0. The van der Waals surface area contributed by atoms with Gasteiger partial charge in [0.05, 0.1) is 0 Å². The van der Waals surface area contributed by atoms with Crippen LogP contribution in [0.5, 0.6) is 0 Å². The molecular formula is C44H82N6. The van der Waals surface area contributed by atoms with Crippen LogP contribution < -0.4 is 0 Å². The van der Waals surface area contributed by atoms with Crippen molar-refractivity contribution in [1.82, 2.24) is 29.4 Å². The topological polar surface area (TPSA) is 19.4 Å². The maximum atomic E-state index is 2.92. The van der Waals surface area contributed by atoms with Crippen molar-refractivity contribution in [2.75, 3.05) is 98.2 Å². The molecule has 0 aromatic rings. The summed E-state index contributed by atoms with van der Waals surface area (Å²) in [6.45, 7) is 37.1. The lowest BCUT2D eigenvalue weighted by Gasteiger charge is -2.55. The van der Waals surface area contributed by atoms with Crippen LogP contribution in [0.2, 0.25) is 0 Å². The fraction of sp³-hybridized carbons (Fsp3) is 1.00. The first kappa shape index (κ1) is 38.1. The summed E-state index contributed by atoms with van der Waals surface area (Å²) in [6, 6.07) is 2.25. The summed E-state index contributed by atoms with van der Waals surface area (Å²) in [5.41, 5.74) is 1.99. The Bertz CT molecular complexity index is 1050. The van der Waals surface area contributed by atoms with Gasteiger partial charge in [0.25, 0.3) is 0 Å². The van der Waals surface area contributed by atoms with Gasteiger partial charge in [0.15, 0.2) is 0 Å². The largest absolute Gasteiger partial charge is 0.303 e. The second kappa shape index (κ2) is 15.9. The molecular weight excluding hydrogens is 613 g/mol. The van der Waals surface area contributed by atoms with E-state index in [0.717, 1.165) is 29.7 Å². The Labute approximate surface area is 310 Å². The normalized spacial score (nSPS) is 33.1. The quantitative estimate of drug-likeness (QED) is 0.179. The molecule has 0 aromatic heterocycles. The first-order valence-corrected chi connectivity index (χ1v) is 22.3. The van der Waals surface area contributed by atoms with Gasteiger partial charge in [-0.05, 0) is 158 Å². The van der Waals surface area contributed by atoms with Gasteiger partial charge in [-0.1, -0.05) is 20.8 Å². The number of rotatable bonds is 15. The molecule has 3 aliphatic carbocycles. The average molecular weight is 695 g/mol. The number of nitrogens with zero attached hydrogens (tertiary/aromatic N) is 6. The zero-order valence-electron chi connectivity index (χ0n) is 34.3. The second-order valence-electron chi connectivity index (χ2n) is 21.1. The Balaban J connectivity index is 0.800. The van der Waals surface area contributed by atoms with Crippen LogP contribution in [0, 0.1) is 39.9 Å². The lowest BCUT2D eigenvalue weighted by molar-refractivity contribution is -0.0531. The molecule has 0 bridgehead atoms. The van der Waals surface area contributed by atoms with Crippen molar-refractivity contribution in [2.45, 2.75) is 144 Å². The van der Waals surface area contributed by atoms with Crippen LogP contribution in [-0.2, 0) is 0 Å². The molecule has 7 aliphatic rings. The van der Waals surface area contributed by atoms with Gasteiger partial charge in [0.2, 0.25) is 0 Å². The fourth-order valence-corrected chi connectivity index (χ4v) is 12.6. The highest BCUT2D eigenvalue weighted by Gasteiger charge is 2.56. The number of likely N-dealkylation sites (tertiary alicyclic amines) is 2. The van der Waals surface area contributed by atoms with Crippen molar-refractivity contribution in [3.05, 3.63) is 0 Å². The standard InChI is InChI=1S/C44H82N6/c1-35(2)27-44(34-46-16-10-41(11-17-46)50-24-22-49(23-25-50)37(5)6)29-40(44)26-38(7)28-42(14-15-42)31-47-32-43(33-47)12-8-39(9-13-43)30-45-18-20-48(21-19-45)36(3)4/h35-41H,8-34H2,1-7H3. The van der Waals surface area contributed by atoms with Gasteiger partial charge < -0.3 is 14.7 Å². The van der Waals surface area contributed by atoms with Crippen molar-refractivity contribution < 1.29 is 0 Å². The first-order chi connectivity index (χ1) is 23.9. The van der Waals surface area contributed by atoms with Crippen molar-refractivity contribution in [1.29, 1.82) is 0 Å². The molecule has 4 heterocycles. The van der Waals surface area contributed by atoms with Gasteiger partial charge in [-0.25, -0.2) is 0 Å². The molecule has 0 radical (unpaired) electrons. The molecule has 4 saturated heterocycles.